The fourth-order valence-corrected chi connectivity index (χ4v) is 3.79. The lowest BCUT2D eigenvalue weighted by Crippen LogP contribution is -2.17. The lowest BCUT2D eigenvalue weighted by Gasteiger charge is -2.12. The smallest absolute Gasteiger partial charge is 0.339 e. The van der Waals surface area contributed by atoms with Crippen LogP contribution in [0, 0.1) is 0 Å². The highest BCUT2D eigenvalue weighted by Crippen LogP contribution is 2.26. The molecule has 8 heteroatoms. The Hall–Kier alpha value is -5.11. The molecule has 0 aliphatic heterocycles. The van der Waals surface area contributed by atoms with E-state index in [0.717, 1.165) is 16.8 Å². The van der Waals surface area contributed by atoms with Crippen LogP contribution >= 0.6 is 0 Å². The van der Waals surface area contributed by atoms with Crippen molar-refractivity contribution in [3.8, 4) is 17.2 Å². The quantitative estimate of drug-likeness (QED) is 0.247. The topological polar surface area (TPSA) is 103 Å². The molecule has 4 aromatic carbocycles. The van der Waals surface area contributed by atoms with E-state index < -0.39 is 5.97 Å². The van der Waals surface area contributed by atoms with Gasteiger partial charge in [-0.25, -0.2) is 4.79 Å². The van der Waals surface area contributed by atoms with Gasteiger partial charge in [-0.3, -0.25) is 9.59 Å². The number of anilines is 2. The Morgan fingerprint density at radius 2 is 1.28 bits per heavy atom. The predicted octanol–water partition coefficient (Wildman–Crippen LogP) is 5.98. The van der Waals surface area contributed by atoms with Crippen LogP contribution in [0.15, 0.2) is 97.1 Å². The molecule has 2 amide bonds. The summed E-state index contributed by atoms with van der Waals surface area (Å²) >= 11 is 0. The number of hydrogen-bond donors (Lipinski definition) is 2. The Morgan fingerprint density at radius 1 is 0.692 bits per heavy atom. The van der Waals surface area contributed by atoms with Crippen molar-refractivity contribution in [2.75, 3.05) is 17.7 Å². The highest BCUT2D eigenvalue weighted by molar-refractivity contribution is 6.01. The summed E-state index contributed by atoms with van der Waals surface area (Å²) in [5, 5.41) is 5.57. The maximum atomic E-state index is 12.5. The van der Waals surface area contributed by atoms with Crippen molar-refractivity contribution in [2.45, 2.75) is 20.0 Å². The summed E-state index contributed by atoms with van der Waals surface area (Å²) in [7, 11) is 1.30. The van der Waals surface area contributed by atoms with E-state index >= 15 is 0 Å². The monoisotopic (exact) mass is 524 g/mol. The first kappa shape index (κ1) is 26.9. The van der Waals surface area contributed by atoms with E-state index in [-0.39, 0.29) is 18.2 Å². The lowest BCUT2D eigenvalue weighted by atomic mass is 10.1. The highest BCUT2D eigenvalue weighted by Gasteiger charge is 2.13. The number of para-hydroxylation sites is 2. The second kappa shape index (κ2) is 12.9. The van der Waals surface area contributed by atoms with E-state index in [2.05, 4.69) is 10.6 Å². The van der Waals surface area contributed by atoms with Gasteiger partial charge in [0, 0.05) is 18.2 Å². The Morgan fingerprint density at radius 3 is 1.95 bits per heavy atom. The van der Waals surface area contributed by atoms with Gasteiger partial charge in [0.05, 0.1) is 24.8 Å². The molecule has 2 N–H and O–H groups in total. The van der Waals surface area contributed by atoms with Crippen LogP contribution in [-0.4, -0.2) is 24.9 Å². The third-order valence-electron chi connectivity index (χ3n) is 5.68. The fraction of sp³-hybridized carbons (Fsp3) is 0.129. The van der Waals surface area contributed by atoms with E-state index in [0.29, 0.717) is 35.1 Å². The summed E-state index contributed by atoms with van der Waals surface area (Å²) in [5.41, 5.74) is 3.08. The number of esters is 1. The van der Waals surface area contributed by atoms with Crippen LogP contribution < -0.4 is 20.1 Å². The molecule has 0 saturated heterocycles. The van der Waals surface area contributed by atoms with Crippen molar-refractivity contribution in [1.29, 1.82) is 0 Å². The van der Waals surface area contributed by atoms with E-state index in [1.165, 1.54) is 14.0 Å². The van der Waals surface area contributed by atoms with E-state index in [4.69, 9.17) is 14.2 Å². The van der Waals surface area contributed by atoms with Crippen LogP contribution in [0.4, 0.5) is 11.4 Å². The molecule has 0 radical (unpaired) electrons. The zero-order valence-electron chi connectivity index (χ0n) is 21.6. The number of carbonyl (C=O) groups is 3. The number of benzene rings is 4. The van der Waals surface area contributed by atoms with Gasteiger partial charge < -0.3 is 24.8 Å². The van der Waals surface area contributed by atoms with Crippen molar-refractivity contribution in [1.82, 2.24) is 0 Å². The molecule has 0 heterocycles. The molecule has 0 aliphatic rings. The van der Waals surface area contributed by atoms with Crippen molar-refractivity contribution < 1.29 is 28.6 Å². The minimum absolute atomic E-state index is 0.132. The molecule has 4 aromatic rings. The van der Waals surface area contributed by atoms with Crippen LogP contribution in [-0.2, 0) is 27.4 Å². The largest absolute Gasteiger partial charge is 0.489 e. The van der Waals surface area contributed by atoms with Gasteiger partial charge in [-0.15, -0.1) is 0 Å². The summed E-state index contributed by atoms with van der Waals surface area (Å²) in [6, 6.07) is 28.6. The van der Waals surface area contributed by atoms with E-state index in [1.807, 2.05) is 36.4 Å². The van der Waals surface area contributed by atoms with Gasteiger partial charge in [0.15, 0.2) is 0 Å². The maximum Gasteiger partial charge on any atom is 0.339 e. The second-order valence-electron chi connectivity index (χ2n) is 8.61. The second-order valence-corrected chi connectivity index (χ2v) is 8.61. The average Bonchev–Trinajstić information content (AvgIpc) is 2.94. The molecule has 0 spiro atoms. The summed E-state index contributed by atoms with van der Waals surface area (Å²) in [6.07, 6.45) is 0.132. The average molecular weight is 525 g/mol. The fourth-order valence-electron chi connectivity index (χ4n) is 3.79. The zero-order valence-corrected chi connectivity index (χ0v) is 21.6. The molecule has 0 aromatic heterocycles. The first-order valence-corrected chi connectivity index (χ1v) is 12.2. The molecular formula is C31H28N2O6. The maximum absolute atomic E-state index is 12.5. The van der Waals surface area contributed by atoms with Gasteiger partial charge in [0.1, 0.15) is 23.9 Å². The SMILES string of the molecule is COC(=O)c1ccccc1NC(=O)Cc1ccc(Oc2ccc(OCc3ccccc3NC(C)=O)cc2)cc1. The molecule has 0 atom stereocenters. The third kappa shape index (κ3) is 7.69. The van der Waals surface area contributed by atoms with Gasteiger partial charge >= 0.3 is 5.97 Å². The summed E-state index contributed by atoms with van der Waals surface area (Å²) < 4.78 is 16.6. The minimum Gasteiger partial charge on any atom is -0.489 e. The summed E-state index contributed by atoms with van der Waals surface area (Å²) in [4.78, 5) is 35.9. The minimum atomic E-state index is -0.515. The summed E-state index contributed by atoms with van der Waals surface area (Å²) in [5.74, 6) is 1.00. The Labute approximate surface area is 226 Å². The van der Waals surface area contributed by atoms with Crippen molar-refractivity contribution in [3.05, 3.63) is 114 Å². The molecular weight excluding hydrogens is 496 g/mol. The highest BCUT2D eigenvalue weighted by atomic mass is 16.5. The van der Waals surface area contributed by atoms with Crippen LogP contribution in [0.25, 0.3) is 0 Å². The molecule has 0 saturated carbocycles. The molecule has 198 valence electrons. The first-order chi connectivity index (χ1) is 18.9. The molecule has 8 nitrogen and oxygen atoms in total. The first-order valence-electron chi connectivity index (χ1n) is 12.2. The van der Waals surface area contributed by atoms with Crippen LogP contribution in [0.1, 0.15) is 28.4 Å². The number of rotatable bonds is 10. The molecule has 0 aliphatic carbocycles. The molecule has 0 bridgehead atoms. The Bertz CT molecular complexity index is 1450. The van der Waals surface area contributed by atoms with Gasteiger partial charge in [0.25, 0.3) is 0 Å². The third-order valence-corrected chi connectivity index (χ3v) is 5.68. The van der Waals surface area contributed by atoms with Crippen molar-refractivity contribution >= 4 is 29.2 Å². The molecule has 4 rings (SSSR count). The number of carbonyl (C=O) groups excluding carboxylic acids is 3. The number of ether oxygens (including phenoxy) is 3. The molecule has 0 unspecified atom stereocenters. The van der Waals surface area contributed by atoms with Gasteiger partial charge in [0.2, 0.25) is 11.8 Å². The number of nitrogens with one attached hydrogen (secondary N) is 2. The van der Waals surface area contributed by atoms with Gasteiger partial charge in [-0.05, 0) is 60.2 Å². The van der Waals surface area contributed by atoms with E-state index in [1.54, 1.807) is 60.7 Å². The molecule has 0 fully saturated rings. The Balaban J connectivity index is 1.30. The van der Waals surface area contributed by atoms with Crippen LogP contribution in [0.5, 0.6) is 17.2 Å². The van der Waals surface area contributed by atoms with Crippen molar-refractivity contribution in [2.24, 2.45) is 0 Å². The van der Waals surface area contributed by atoms with Crippen LogP contribution in [0.3, 0.4) is 0 Å². The van der Waals surface area contributed by atoms with E-state index in [9.17, 15) is 14.4 Å². The van der Waals surface area contributed by atoms with Gasteiger partial charge in [-0.2, -0.15) is 0 Å². The lowest BCUT2D eigenvalue weighted by molar-refractivity contribution is -0.116. The standard InChI is InChI=1S/C31H28N2O6/c1-21(34)32-28-9-5-3-7-23(28)20-38-24-15-17-26(18-16-24)39-25-13-11-22(12-14-25)19-30(35)33-29-10-6-4-8-27(29)31(36)37-2/h3-18H,19-20H2,1-2H3,(H,32,34)(H,33,35). The zero-order chi connectivity index (χ0) is 27.6. The van der Waals surface area contributed by atoms with Gasteiger partial charge in [-0.1, -0.05) is 42.5 Å². The Kier molecular flexibility index (Phi) is 8.92. The van der Waals surface area contributed by atoms with Crippen LogP contribution in [0.2, 0.25) is 0 Å². The number of hydrogen-bond acceptors (Lipinski definition) is 6. The number of amides is 2. The molecule has 39 heavy (non-hydrogen) atoms. The van der Waals surface area contributed by atoms with Crippen molar-refractivity contribution in [3.63, 3.8) is 0 Å². The normalized spacial score (nSPS) is 10.3. The number of methoxy groups -OCH3 is 1. The summed E-state index contributed by atoms with van der Waals surface area (Å²) in [6.45, 7) is 1.77. The predicted molar refractivity (Wildman–Crippen MR) is 148 cm³/mol.